The van der Waals surface area contributed by atoms with Crippen molar-refractivity contribution < 1.29 is 29.0 Å². The van der Waals surface area contributed by atoms with Gasteiger partial charge >= 0.3 is 5.97 Å². The highest BCUT2D eigenvalue weighted by Gasteiger charge is 2.75. The number of aliphatic hydroxyl groups is 1. The highest BCUT2D eigenvalue weighted by Crippen LogP contribution is 2.58. The fraction of sp³-hybridized carbons (Fsp3) is 0.519. The van der Waals surface area contributed by atoms with Gasteiger partial charge in [0.15, 0.2) is 0 Å². The maximum absolute atomic E-state index is 14.3. The van der Waals surface area contributed by atoms with Gasteiger partial charge in [-0.05, 0) is 31.4 Å². The largest absolute Gasteiger partial charge is 0.465 e. The molecule has 0 bridgehead atoms. The summed E-state index contributed by atoms with van der Waals surface area (Å²) in [6, 6.07) is 6.42. The first-order chi connectivity index (χ1) is 18.5. The van der Waals surface area contributed by atoms with Crippen molar-refractivity contribution in [3.8, 4) is 0 Å². The lowest BCUT2D eigenvalue weighted by Gasteiger charge is -2.38. The van der Waals surface area contributed by atoms with Gasteiger partial charge in [0.25, 0.3) is 5.91 Å². The number of ether oxygens (including phenoxy) is 2. The molecule has 11 heteroatoms. The zero-order chi connectivity index (χ0) is 26.5. The van der Waals surface area contributed by atoms with Gasteiger partial charge in [0.2, 0.25) is 5.91 Å². The molecule has 4 aliphatic heterocycles. The molecule has 11 nitrogen and oxygen atoms in total. The van der Waals surface area contributed by atoms with E-state index >= 15 is 0 Å². The Morgan fingerprint density at radius 2 is 1.95 bits per heavy atom. The van der Waals surface area contributed by atoms with E-state index in [4.69, 9.17) is 9.47 Å². The molecule has 38 heavy (non-hydrogen) atoms. The van der Waals surface area contributed by atoms with E-state index in [1.807, 2.05) is 49.4 Å². The number of esters is 1. The summed E-state index contributed by atoms with van der Waals surface area (Å²) < 4.78 is 14.1. The summed E-state index contributed by atoms with van der Waals surface area (Å²) in [7, 11) is 0. The minimum absolute atomic E-state index is 0.0540. The van der Waals surface area contributed by atoms with Crippen molar-refractivity contribution in [2.45, 2.75) is 50.1 Å². The van der Waals surface area contributed by atoms with Crippen LogP contribution in [0.5, 0.6) is 0 Å². The summed E-state index contributed by atoms with van der Waals surface area (Å²) in [6.07, 6.45) is 9.30. The lowest BCUT2D eigenvalue weighted by Crippen LogP contribution is -2.56. The topological polar surface area (TPSA) is 127 Å². The first-order valence-corrected chi connectivity index (χ1v) is 13.2. The van der Waals surface area contributed by atoms with Crippen LogP contribution < -0.4 is 0 Å². The molecule has 1 spiro atoms. The van der Waals surface area contributed by atoms with Crippen LogP contribution in [0.4, 0.5) is 0 Å². The molecule has 4 aliphatic rings. The third kappa shape index (κ3) is 3.52. The zero-order valence-electron chi connectivity index (χ0n) is 21.2. The number of hydrogen-bond donors (Lipinski definition) is 1. The smallest absolute Gasteiger partial charge is 0.313 e. The van der Waals surface area contributed by atoms with Crippen molar-refractivity contribution >= 4 is 28.8 Å². The molecule has 0 aliphatic carbocycles. The van der Waals surface area contributed by atoms with Crippen LogP contribution in [0.25, 0.3) is 11.0 Å². The Kier molecular flexibility index (Phi) is 6.07. The highest BCUT2D eigenvalue weighted by molar-refractivity contribution is 5.99. The average Bonchev–Trinajstić information content (AvgIpc) is 3.50. The van der Waals surface area contributed by atoms with Gasteiger partial charge in [0.1, 0.15) is 35.3 Å². The molecule has 1 unspecified atom stereocenters. The van der Waals surface area contributed by atoms with Gasteiger partial charge in [0, 0.05) is 13.1 Å². The molecule has 1 N–H and O–H groups in total. The summed E-state index contributed by atoms with van der Waals surface area (Å²) in [6.45, 7) is 2.16. The molecular formula is C27H31N5O6. The standard InChI is InChI=1S/C27H31N5O6/c1-2-26-11-6-3-7-16-37-25(36)21(26)20-23(34)31(14-15-33)22-24(35)30(13-8-12-27(20,22)38-26)17-32-19-10-5-4-9-18(19)28-29-32/h4-6,8-12,20-22,33H,2-3,7,13-17H2,1H3/b11-6-/t20-,21-,22?,26+,27-/m0/s1. The number of β-amino-alcohol motifs (C(OH)–C–C–N with tert-alkyl or cyclic N) is 1. The third-order valence-corrected chi connectivity index (χ3v) is 8.28. The number of cyclic esters (lactones) is 1. The number of aromatic nitrogens is 3. The summed E-state index contributed by atoms with van der Waals surface area (Å²) >= 11 is 0. The van der Waals surface area contributed by atoms with Crippen LogP contribution in [0.1, 0.15) is 26.2 Å². The average molecular weight is 522 g/mol. The number of carbonyl (C=O) groups excluding carboxylic acids is 3. The number of para-hydroxylation sites is 1. The van der Waals surface area contributed by atoms with E-state index in [0.29, 0.717) is 24.8 Å². The van der Waals surface area contributed by atoms with E-state index in [1.54, 1.807) is 15.7 Å². The predicted molar refractivity (Wildman–Crippen MR) is 134 cm³/mol. The minimum Gasteiger partial charge on any atom is -0.465 e. The molecule has 2 fully saturated rings. The Labute approximate surface area is 219 Å². The Balaban J connectivity index is 1.44. The number of benzene rings is 1. The molecular weight excluding hydrogens is 490 g/mol. The van der Waals surface area contributed by atoms with E-state index in [0.717, 1.165) is 5.52 Å². The number of hydrogen-bond acceptors (Lipinski definition) is 8. The minimum atomic E-state index is -1.38. The predicted octanol–water partition coefficient (Wildman–Crippen LogP) is 1.03. The van der Waals surface area contributed by atoms with Crippen molar-refractivity contribution in [1.82, 2.24) is 24.8 Å². The second-order valence-corrected chi connectivity index (χ2v) is 10.3. The van der Waals surface area contributed by atoms with Gasteiger partial charge in [-0.15, -0.1) is 5.10 Å². The Hall–Kier alpha value is -3.57. The lowest BCUT2D eigenvalue weighted by molar-refractivity contribution is -0.161. The van der Waals surface area contributed by atoms with Gasteiger partial charge in [-0.25, -0.2) is 4.68 Å². The summed E-state index contributed by atoms with van der Waals surface area (Å²) in [5, 5.41) is 18.3. The van der Waals surface area contributed by atoms with Crippen molar-refractivity contribution in [2.75, 3.05) is 26.3 Å². The molecule has 0 saturated carbocycles. The van der Waals surface area contributed by atoms with E-state index in [2.05, 4.69) is 10.3 Å². The van der Waals surface area contributed by atoms with Gasteiger partial charge in [-0.3, -0.25) is 14.4 Å². The van der Waals surface area contributed by atoms with Crippen molar-refractivity contribution in [2.24, 2.45) is 11.8 Å². The number of allylic oxidation sites excluding steroid dienone is 1. The van der Waals surface area contributed by atoms with E-state index in [-0.39, 0.29) is 44.8 Å². The summed E-state index contributed by atoms with van der Waals surface area (Å²) in [4.78, 5) is 44.7. The SMILES string of the molecule is CC[C@@]12/C=C\CCCOC(=O)[C@@H]1[C@H]1C(=O)N(CCO)C3C(=O)N(Cn4nnc5ccccc54)CC=C[C@@]31O2. The van der Waals surface area contributed by atoms with Crippen LogP contribution >= 0.6 is 0 Å². The van der Waals surface area contributed by atoms with Gasteiger partial charge in [0.05, 0.1) is 24.6 Å². The molecule has 5 atom stereocenters. The van der Waals surface area contributed by atoms with Gasteiger partial charge < -0.3 is 24.4 Å². The number of aliphatic hydroxyl groups excluding tert-OH is 1. The summed E-state index contributed by atoms with van der Waals surface area (Å²) in [5.74, 6) is -3.09. The number of likely N-dealkylation sites (tertiary alicyclic amines) is 1. The monoisotopic (exact) mass is 521 g/mol. The highest BCUT2D eigenvalue weighted by atomic mass is 16.6. The van der Waals surface area contributed by atoms with Crippen LogP contribution in [0, 0.1) is 11.8 Å². The van der Waals surface area contributed by atoms with Crippen molar-refractivity contribution in [3.63, 3.8) is 0 Å². The molecule has 1 aromatic carbocycles. The van der Waals surface area contributed by atoms with Crippen LogP contribution in [0.3, 0.4) is 0 Å². The molecule has 5 heterocycles. The van der Waals surface area contributed by atoms with Crippen molar-refractivity contribution in [1.29, 1.82) is 0 Å². The number of amides is 2. The maximum atomic E-state index is 14.3. The quantitative estimate of drug-likeness (QED) is 0.457. The van der Waals surface area contributed by atoms with Gasteiger partial charge in [-0.2, -0.15) is 0 Å². The second kappa shape index (κ2) is 9.32. The Morgan fingerprint density at radius 1 is 1.11 bits per heavy atom. The van der Waals surface area contributed by atoms with Crippen LogP contribution in [-0.2, 0) is 30.5 Å². The molecule has 1 aromatic heterocycles. The molecule has 6 rings (SSSR count). The normalized spacial score (nSPS) is 33.7. The van der Waals surface area contributed by atoms with Crippen LogP contribution in [0.2, 0.25) is 0 Å². The van der Waals surface area contributed by atoms with Crippen molar-refractivity contribution in [3.05, 3.63) is 48.6 Å². The maximum Gasteiger partial charge on any atom is 0.313 e. The number of rotatable bonds is 5. The Bertz CT molecular complexity index is 1340. The second-order valence-electron chi connectivity index (χ2n) is 10.3. The number of carbonyl (C=O) groups is 3. The lowest BCUT2D eigenvalue weighted by atomic mass is 9.73. The van der Waals surface area contributed by atoms with E-state index < -0.39 is 35.0 Å². The zero-order valence-corrected chi connectivity index (χ0v) is 21.2. The summed E-state index contributed by atoms with van der Waals surface area (Å²) in [5.41, 5.74) is -0.986. The molecule has 2 saturated heterocycles. The number of fused-ring (bicyclic) bond motifs is 3. The van der Waals surface area contributed by atoms with Crippen LogP contribution in [0.15, 0.2) is 48.6 Å². The fourth-order valence-corrected chi connectivity index (χ4v) is 6.58. The molecule has 2 amide bonds. The first kappa shape index (κ1) is 24.7. The molecule has 2 aromatic rings. The molecule has 200 valence electrons. The first-order valence-electron chi connectivity index (χ1n) is 13.2. The van der Waals surface area contributed by atoms with E-state index in [9.17, 15) is 19.5 Å². The fourth-order valence-electron chi connectivity index (χ4n) is 6.58. The number of nitrogens with zero attached hydrogens (tertiary/aromatic N) is 5. The Morgan fingerprint density at radius 3 is 2.76 bits per heavy atom. The van der Waals surface area contributed by atoms with Crippen LogP contribution in [-0.4, -0.2) is 91.2 Å². The third-order valence-electron chi connectivity index (χ3n) is 8.28. The van der Waals surface area contributed by atoms with E-state index in [1.165, 1.54) is 4.90 Å². The molecule has 0 radical (unpaired) electrons. The van der Waals surface area contributed by atoms with Gasteiger partial charge in [-0.1, -0.05) is 48.6 Å².